The highest BCUT2D eigenvalue weighted by molar-refractivity contribution is 7.80. The molecule has 1 aliphatic heterocycles. The molecule has 27 heavy (non-hydrogen) atoms. The van der Waals surface area contributed by atoms with Gasteiger partial charge in [-0.3, -0.25) is 4.98 Å². The summed E-state index contributed by atoms with van der Waals surface area (Å²) in [6, 6.07) is 15.1. The summed E-state index contributed by atoms with van der Waals surface area (Å²) in [7, 11) is 0. The van der Waals surface area contributed by atoms with Gasteiger partial charge in [-0.2, -0.15) is 0 Å². The Hall–Kier alpha value is -2.08. The number of benzene rings is 1. The van der Waals surface area contributed by atoms with Gasteiger partial charge < -0.3 is 14.6 Å². The van der Waals surface area contributed by atoms with Crippen LogP contribution < -0.4 is 5.32 Å². The number of aromatic nitrogens is 1. The molecular weight excluding hydrogens is 401 g/mol. The normalized spacial score (nSPS) is 19.4. The van der Waals surface area contributed by atoms with E-state index < -0.39 is 0 Å². The lowest BCUT2D eigenvalue weighted by molar-refractivity contribution is 0.284. The van der Waals surface area contributed by atoms with E-state index in [0.29, 0.717) is 20.9 Å². The van der Waals surface area contributed by atoms with Crippen LogP contribution in [0.25, 0.3) is 11.3 Å². The van der Waals surface area contributed by atoms with E-state index in [4.69, 9.17) is 39.8 Å². The number of halogens is 2. The Balaban J connectivity index is 1.75. The summed E-state index contributed by atoms with van der Waals surface area (Å²) in [6.45, 7) is 2.83. The van der Waals surface area contributed by atoms with Gasteiger partial charge in [-0.1, -0.05) is 35.3 Å². The average Bonchev–Trinajstić information content (AvgIpc) is 3.28. The van der Waals surface area contributed by atoms with Crippen LogP contribution in [-0.2, 0) is 0 Å². The average molecular weight is 418 g/mol. The van der Waals surface area contributed by atoms with E-state index in [1.807, 2.05) is 42.5 Å². The van der Waals surface area contributed by atoms with Crippen molar-refractivity contribution in [2.75, 3.05) is 6.54 Å². The summed E-state index contributed by atoms with van der Waals surface area (Å²) in [5.74, 6) is 1.47. The zero-order valence-electron chi connectivity index (χ0n) is 14.5. The molecule has 1 fully saturated rings. The molecule has 2 aromatic heterocycles. The van der Waals surface area contributed by atoms with Crippen LogP contribution in [0.2, 0.25) is 10.0 Å². The van der Waals surface area contributed by atoms with Crippen LogP contribution in [0.5, 0.6) is 0 Å². The number of hydrogen-bond donors (Lipinski definition) is 1. The highest BCUT2D eigenvalue weighted by Crippen LogP contribution is 2.41. The Kier molecular flexibility index (Phi) is 5.08. The second kappa shape index (κ2) is 7.50. The largest absolute Gasteiger partial charge is 0.459 e. The summed E-state index contributed by atoms with van der Waals surface area (Å²) in [5.41, 5.74) is 1.68. The van der Waals surface area contributed by atoms with E-state index in [0.717, 1.165) is 23.6 Å². The highest BCUT2D eigenvalue weighted by Gasteiger charge is 2.40. The molecule has 4 nitrogen and oxygen atoms in total. The lowest BCUT2D eigenvalue weighted by Crippen LogP contribution is -2.29. The fourth-order valence-corrected chi connectivity index (χ4v) is 4.17. The number of nitrogens with zero attached hydrogens (tertiary/aromatic N) is 2. The number of hydrogen-bond acceptors (Lipinski definition) is 3. The van der Waals surface area contributed by atoms with Gasteiger partial charge in [-0.15, -0.1) is 0 Å². The zero-order chi connectivity index (χ0) is 19.0. The van der Waals surface area contributed by atoms with Crippen LogP contribution in [-0.4, -0.2) is 21.5 Å². The van der Waals surface area contributed by atoms with Crippen molar-refractivity contribution in [2.45, 2.75) is 19.0 Å². The molecule has 0 bridgehead atoms. The fraction of sp³-hybridized carbons (Fsp3) is 0.200. The Morgan fingerprint density at radius 2 is 2.00 bits per heavy atom. The van der Waals surface area contributed by atoms with E-state index in [1.165, 1.54) is 0 Å². The van der Waals surface area contributed by atoms with Gasteiger partial charge in [-0.25, -0.2) is 0 Å². The smallest absolute Gasteiger partial charge is 0.170 e. The summed E-state index contributed by atoms with van der Waals surface area (Å²) >= 11 is 18.0. The van der Waals surface area contributed by atoms with Gasteiger partial charge in [0.05, 0.1) is 21.8 Å². The van der Waals surface area contributed by atoms with E-state index in [1.54, 1.807) is 12.3 Å². The molecule has 7 heteroatoms. The first kappa shape index (κ1) is 18.3. The Bertz CT molecular complexity index is 976. The van der Waals surface area contributed by atoms with Crippen molar-refractivity contribution < 1.29 is 4.42 Å². The standard InChI is InChI=1S/C20H17Cl2N3OS/c1-2-25-19(18(24-20(25)27)14-8-3-4-11-23-14)16-10-9-15(26-16)12-6-5-7-13(21)17(12)22/h3-11,18-19H,2H2,1H3,(H,24,27)/t18-,19+/m1/s1. The molecule has 0 amide bonds. The lowest BCUT2D eigenvalue weighted by atomic mass is 10.0. The van der Waals surface area contributed by atoms with Gasteiger partial charge in [0, 0.05) is 18.3 Å². The minimum Gasteiger partial charge on any atom is -0.459 e. The molecule has 138 valence electrons. The molecule has 0 saturated carbocycles. The zero-order valence-corrected chi connectivity index (χ0v) is 16.9. The van der Waals surface area contributed by atoms with Gasteiger partial charge in [0.25, 0.3) is 0 Å². The topological polar surface area (TPSA) is 41.3 Å². The maximum absolute atomic E-state index is 6.35. The van der Waals surface area contributed by atoms with Crippen LogP contribution in [0, 0.1) is 0 Å². The van der Waals surface area contributed by atoms with Crippen molar-refractivity contribution in [3.05, 3.63) is 76.2 Å². The summed E-state index contributed by atoms with van der Waals surface area (Å²) in [5, 5.41) is 5.05. The van der Waals surface area contributed by atoms with Gasteiger partial charge in [-0.05, 0) is 55.5 Å². The molecule has 0 radical (unpaired) electrons. The molecule has 0 aliphatic carbocycles. The third kappa shape index (κ3) is 3.31. The molecule has 2 atom stereocenters. The molecule has 0 spiro atoms. The highest BCUT2D eigenvalue weighted by atomic mass is 35.5. The third-order valence-electron chi connectivity index (χ3n) is 4.67. The molecule has 4 rings (SSSR count). The maximum Gasteiger partial charge on any atom is 0.170 e. The van der Waals surface area contributed by atoms with Gasteiger partial charge in [0.1, 0.15) is 17.6 Å². The summed E-state index contributed by atoms with van der Waals surface area (Å²) in [4.78, 5) is 6.61. The van der Waals surface area contributed by atoms with E-state index in [-0.39, 0.29) is 12.1 Å². The maximum atomic E-state index is 6.35. The SMILES string of the molecule is CCN1C(=S)N[C@H](c2ccccn2)[C@@H]1c1ccc(-c2cccc(Cl)c2Cl)o1. The van der Waals surface area contributed by atoms with Crippen molar-refractivity contribution in [2.24, 2.45) is 0 Å². The summed E-state index contributed by atoms with van der Waals surface area (Å²) in [6.07, 6.45) is 1.78. The first-order chi connectivity index (χ1) is 13.1. The number of pyridine rings is 1. The van der Waals surface area contributed by atoms with Crippen LogP contribution in [0.3, 0.4) is 0 Å². The third-order valence-corrected chi connectivity index (χ3v) is 5.85. The molecule has 3 heterocycles. The molecule has 1 aliphatic rings. The van der Waals surface area contributed by atoms with E-state index >= 15 is 0 Å². The quantitative estimate of drug-likeness (QED) is 0.556. The predicted molar refractivity (Wildman–Crippen MR) is 112 cm³/mol. The van der Waals surface area contributed by atoms with Crippen molar-refractivity contribution >= 4 is 40.5 Å². The first-order valence-corrected chi connectivity index (χ1v) is 9.78. The second-order valence-corrected chi connectivity index (χ2v) is 7.39. The molecule has 1 aromatic carbocycles. The van der Waals surface area contributed by atoms with Crippen LogP contribution in [0.15, 0.2) is 59.1 Å². The molecular formula is C20H17Cl2N3OS. The van der Waals surface area contributed by atoms with E-state index in [9.17, 15) is 0 Å². The number of nitrogens with one attached hydrogen (secondary N) is 1. The van der Waals surface area contributed by atoms with Gasteiger partial charge in [0.15, 0.2) is 5.11 Å². The minimum absolute atomic E-state index is 0.0903. The predicted octanol–water partition coefficient (Wildman–Crippen LogP) is 5.64. The minimum atomic E-state index is -0.0934. The number of rotatable bonds is 4. The first-order valence-electron chi connectivity index (χ1n) is 8.62. The molecule has 1 N–H and O–H groups in total. The van der Waals surface area contributed by atoms with Gasteiger partial charge >= 0.3 is 0 Å². The summed E-state index contributed by atoms with van der Waals surface area (Å²) < 4.78 is 6.21. The lowest BCUT2D eigenvalue weighted by Gasteiger charge is -2.24. The van der Waals surface area contributed by atoms with Crippen LogP contribution in [0.4, 0.5) is 0 Å². The van der Waals surface area contributed by atoms with Crippen LogP contribution in [0.1, 0.15) is 30.5 Å². The fourth-order valence-electron chi connectivity index (χ4n) is 3.41. The Morgan fingerprint density at radius 1 is 1.15 bits per heavy atom. The monoisotopic (exact) mass is 417 g/mol. The molecule has 3 aromatic rings. The Labute approximate surface area is 173 Å². The van der Waals surface area contributed by atoms with Crippen molar-refractivity contribution in [1.82, 2.24) is 15.2 Å². The molecule has 1 saturated heterocycles. The van der Waals surface area contributed by atoms with Crippen molar-refractivity contribution in [1.29, 1.82) is 0 Å². The van der Waals surface area contributed by atoms with Crippen molar-refractivity contribution in [3.63, 3.8) is 0 Å². The second-order valence-electron chi connectivity index (χ2n) is 6.22. The number of thiocarbonyl (C=S) groups is 1. The van der Waals surface area contributed by atoms with Crippen LogP contribution >= 0.6 is 35.4 Å². The van der Waals surface area contributed by atoms with E-state index in [2.05, 4.69) is 22.1 Å². The Morgan fingerprint density at radius 3 is 2.74 bits per heavy atom. The number of furan rings is 1. The van der Waals surface area contributed by atoms with Gasteiger partial charge in [0.2, 0.25) is 0 Å². The molecule has 0 unspecified atom stereocenters. The number of likely N-dealkylation sites (N-methyl/N-ethyl adjacent to an activating group) is 1. The van der Waals surface area contributed by atoms with Crippen molar-refractivity contribution in [3.8, 4) is 11.3 Å².